The average molecular weight is 364 g/mol. The molecule has 1 aromatic rings. The van der Waals surface area contributed by atoms with Crippen molar-refractivity contribution < 1.29 is 14.2 Å². The van der Waals surface area contributed by atoms with E-state index in [0.717, 1.165) is 24.0 Å². The molecular formula is C20H33N3O3. The molecule has 0 atom stereocenters. The van der Waals surface area contributed by atoms with Crippen molar-refractivity contribution in [3.05, 3.63) is 17.7 Å². The molecule has 0 unspecified atom stereocenters. The van der Waals surface area contributed by atoms with Crippen molar-refractivity contribution in [1.82, 2.24) is 10.6 Å². The Hall–Kier alpha value is -2.11. The Morgan fingerprint density at radius 2 is 1.65 bits per heavy atom. The van der Waals surface area contributed by atoms with Crippen LogP contribution in [0.1, 0.15) is 44.1 Å². The highest BCUT2D eigenvalue weighted by molar-refractivity contribution is 5.79. The van der Waals surface area contributed by atoms with Crippen LogP contribution in [0.25, 0.3) is 0 Å². The molecule has 1 fully saturated rings. The minimum absolute atomic E-state index is 0.605. The van der Waals surface area contributed by atoms with Crippen LogP contribution in [-0.4, -0.2) is 40.9 Å². The lowest BCUT2D eigenvalue weighted by Gasteiger charge is -2.22. The van der Waals surface area contributed by atoms with Crippen molar-refractivity contribution in [2.24, 2.45) is 10.9 Å². The van der Waals surface area contributed by atoms with Gasteiger partial charge in [-0.05, 0) is 30.0 Å². The number of methoxy groups -OCH3 is 3. The summed E-state index contributed by atoms with van der Waals surface area (Å²) in [5.41, 5.74) is 1.04. The number of rotatable bonds is 8. The number of nitrogens with zero attached hydrogens (tertiary/aromatic N) is 1. The Morgan fingerprint density at radius 1 is 1.00 bits per heavy atom. The molecule has 0 heterocycles. The fourth-order valence-corrected chi connectivity index (χ4v) is 3.51. The number of nitrogens with one attached hydrogen (secondary N) is 2. The van der Waals surface area contributed by atoms with Gasteiger partial charge >= 0.3 is 0 Å². The second kappa shape index (κ2) is 10.8. The summed E-state index contributed by atoms with van der Waals surface area (Å²) < 4.78 is 16.2. The topological polar surface area (TPSA) is 64.1 Å². The van der Waals surface area contributed by atoms with Gasteiger partial charge in [-0.3, -0.25) is 4.99 Å². The first-order chi connectivity index (χ1) is 12.7. The van der Waals surface area contributed by atoms with E-state index in [1.165, 1.54) is 38.5 Å². The van der Waals surface area contributed by atoms with Gasteiger partial charge in [0.1, 0.15) is 0 Å². The molecule has 0 saturated heterocycles. The van der Waals surface area contributed by atoms with Crippen molar-refractivity contribution in [2.75, 3.05) is 34.9 Å². The minimum Gasteiger partial charge on any atom is -0.493 e. The van der Waals surface area contributed by atoms with Gasteiger partial charge in [0.05, 0.1) is 21.3 Å². The van der Waals surface area contributed by atoms with Crippen LogP contribution in [0, 0.1) is 5.92 Å². The van der Waals surface area contributed by atoms with E-state index in [-0.39, 0.29) is 0 Å². The van der Waals surface area contributed by atoms with E-state index in [0.29, 0.717) is 23.8 Å². The first-order valence-electron chi connectivity index (χ1n) is 9.45. The van der Waals surface area contributed by atoms with E-state index in [4.69, 9.17) is 14.2 Å². The molecule has 1 aliphatic rings. The third-order valence-electron chi connectivity index (χ3n) is 4.98. The molecule has 0 aromatic heterocycles. The van der Waals surface area contributed by atoms with E-state index < -0.39 is 0 Å². The van der Waals surface area contributed by atoms with E-state index in [1.807, 2.05) is 12.1 Å². The zero-order valence-corrected chi connectivity index (χ0v) is 16.6. The molecular weight excluding hydrogens is 330 g/mol. The zero-order valence-electron chi connectivity index (χ0n) is 16.6. The van der Waals surface area contributed by atoms with Gasteiger partial charge in [0, 0.05) is 20.1 Å². The van der Waals surface area contributed by atoms with E-state index in [1.54, 1.807) is 28.4 Å². The summed E-state index contributed by atoms with van der Waals surface area (Å²) in [5.74, 6) is 3.60. The lowest BCUT2D eigenvalue weighted by atomic mass is 9.87. The summed E-state index contributed by atoms with van der Waals surface area (Å²) >= 11 is 0. The summed E-state index contributed by atoms with van der Waals surface area (Å²) in [5, 5.41) is 6.77. The molecule has 1 saturated carbocycles. The molecule has 0 aliphatic heterocycles. The SMILES string of the molecule is CN=C(NCCC1CCCCC1)NCc1cc(OC)c(OC)c(OC)c1. The highest BCUT2D eigenvalue weighted by atomic mass is 16.5. The minimum atomic E-state index is 0.605. The molecule has 0 amide bonds. The third-order valence-corrected chi connectivity index (χ3v) is 4.98. The Bertz CT molecular complexity index is 559. The van der Waals surface area contributed by atoms with Crippen molar-refractivity contribution >= 4 is 5.96 Å². The molecule has 2 rings (SSSR count). The normalized spacial score (nSPS) is 15.5. The summed E-state index contributed by atoms with van der Waals surface area (Å²) in [6, 6.07) is 3.90. The lowest BCUT2D eigenvalue weighted by molar-refractivity contribution is 0.323. The predicted molar refractivity (Wildman–Crippen MR) is 105 cm³/mol. The molecule has 1 aliphatic carbocycles. The number of aliphatic imine (C=N–C) groups is 1. The quantitative estimate of drug-likeness (QED) is 0.548. The standard InChI is InChI=1S/C20H33N3O3/c1-21-20(22-11-10-15-8-6-5-7-9-15)23-14-16-12-17(24-2)19(26-4)18(13-16)25-3/h12-13,15H,5-11,14H2,1-4H3,(H2,21,22,23). The van der Waals surface area contributed by atoms with E-state index >= 15 is 0 Å². The molecule has 1 aromatic carbocycles. The van der Waals surface area contributed by atoms with Crippen LogP contribution < -0.4 is 24.8 Å². The molecule has 26 heavy (non-hydrogen) atoms. The Balaban J connectivity index is 1.87. The van der Waals surface area contributed by atoms with Crippen molar-refractivity contribution in [3.8, 4) is 17.2 Å². The van der Waals surface area contributed by atoms with Crippen LogP contribution in [-0.2, 0) is 6.54 Å². The van der Waals surface area contributed by atoms with E-state index in [2.05, 4.69) is 15.6 Å². The molecule has 0 bridgehead atoms. The second-order valence-corrected chi connectivity index (χ2v) is 6.68. The number of benzene rings is 1. The number of hydrogen-bond acceptors (Lipinski definition) is 4. The average Bonchev–Trinajstić information content (AvgIpc) is 2.70. The van der Waals surface area contributed by atoms with Gasteiger partial charge in [0.25, 0.3) is 0 Å². The smallest absolute Gasteiger partial charge is 0.203 e. The van der Waals surface area contributed by atoms with Gasteiger partial charge in [-0.15, -0.1) is 0 Å². The van der Waals surface area contributed by atoms with Crippen LogP contribution in [0.4, 0.5) is 0 Å². The molecule has 146 valence electrons. The summed E-state index contributed by atoms with van der Waals surface area (Å²) in [7, 11) is 6.65. The highest BCUT2D eigenvalue weighted by Crippen LogP contribution is 2.38. The first-order valence-corrected chi connectivity index (χ1v) is 9.45. The van der Waals surface area contributed by atoms with Gasteiger partial charge in [-0.2, -0.15) is 0 Å². The van der Waals surface area contributed by atoms with Crippen molar-refractivity contribution in [3.63, 3.8) is 0 Å². The van der Waals surface area contributed by atoms with Crippen LogP contribution in [0.3, 0.4) is 0 Å². The van der Waals surface area contributed by atoms with Crippen LogP contribution in [0.15, 0.2) is 17.1 Å². The molecule has 6 heteroatoms. The van der Waals surface area contributed by atoms with Gasteiger partial charge < -0.3 is 24.8 Å². The zero-order chi connectivity index (χ0) is 18.8. The summed E-state index contributed by atoms with van der Waals surface area (Å²) in [6.45, 7) is 1.58. The van der Waals surface area contributed by atoms with Gasteiger partial charge in [-0.25, -0.2) is 0 Å². The fraction of sp³-hybridized carbons (Fsp3) is 0.650. The summed E-state index contributed by atoms with van der Waals surface area (Å²) in [6.07, 6.45) is 8.14. The highest BCUT2D eigenvalue weighted by Gasteiger charge is 2.14. The number of ether oxygens (including phenoxy) is 3. The molecule has 2 N–H and O–H groups in total. The predicted octanol–water partition coefficient (Wildman–Crippen LogP) is 3.35. The van der Waals surface area contributed by atoms with Gasteiger partial charge in [-0.1, -0.05) is 32.1 Å². The lowest BCUT2D eigenvalue weighted by Crippen LogP contribution is -2.37. The van der Waals surface area contributed by atoms with Crippen LogP contribution in [0.5, 0.6) is 17.2 Å². The largest absolute Gasteiger partial charge is 0.493 e. The van der Waals surface area contributed by atoms with Crippen LogP contribution >= 0.6 is 0 Å². The maximum absolute atomic E-state index is 5.41. The fourth-order valence-electron chi connectivity index (χ4n) is 3.51. The van der Waals surface area contributed by atoms with Gasteiger partial charge in [0.2, 0.25) is 5.75 Å². The van der Waals surface area contributed by atoms with Crippen molar-refractivity contribution in [2.45, 2.75) is 45.1 Å². The molecule has 0 spiro atoms. The molecule has 6 nitrogen and oxygen atoms in total. The summed E-state index contributed by atoms with van der Waals surface area (Å²) in [4.78, 5) is 4.31. The Morgan fingerprint density at radius 3 is 2.19 bits per heavy atom. The monoisotopic (exact) mass is 363 g/mol. The van der Waals surface area contributed by atoms with Crippen molar-refractivity contribution in [1.29, 1.82) is 0 Å². The van der Waals surface area contributed by atoms with Crippen LogP contribution in [0.2, 0.25) is 0 Å². The first kappa shape index (κ1) is 20.2. The number of guanidine groups is 1. The van der Waals surface area contributed by atoms with Gasteiger partial charge in [0.15, 0.2) is 17.5 Å². The number of hydrogen-bond donors (Lipinski definition) is 2. The maximum atomic E-state index is 5.41. The second-order valence-electron chi connectivity index (χ2n) is 6.68. The third kappa shape index (κ3) is 5.71. The molecule has 0 radical (unpaired) electrons. The maximum Gasteiger partial charge on any atom is 0.203 e. The Kier molecular flexibility index (Phi) is 8.38. The van der Waals surface area contributed by atoms with E-state index in [9.17, 15) is 0 Å². The Labute approximate surface area is 157 Å².